The van der Waals surface area contributed by atoms with Gasteiger partial charge in [-0.05, 0) is 25.2 Å². The Labute approximate surface area is 141 Å². The van der Waals surface area contributed by atoms with Crippen LogP contribution in [0.3, 0.4) is 0 Å². The quantitative estimate of drug-likeness (QED) is 0.623. The summed E-state index contributed by atoms with van der Waals surface area (Å²) in [6, 6.07) is 9.17. The minimum absolute atomic E-state index is 0.0379. The molecule has 1 heterocycles. The Morgan fingerprint density at radius 2 is 2.00 bits per heavy atom. The highest BCUT2D eigenvalue weighted by Crippen LogP contribution is 2.54. The molecule has 4 rings (SSSR count). The highest BCUT2D eigenvalue weighted by atomic mass is 16.5. The predicted molar refractivity (Wildman–Crippen MR) is 88.7 cm³/mol. The lowest BCUT2D eigenvalue weighted by molar-refractivity contribution is -0.139. The van der Waals surface area contributed by atoms with Crippen LogP contribution in [0.25, 0.3) is 0 Å². The van der Waals surface area contributed by atoms with Gasteiger partial charge in [-0.15, -0.1) is 0 Å². The first-order valence-electron chi connectivity index (χ1n) is 8.59. The monoisotopic (exact) mass is 323 g/mol. The number of hydrogen-bond donors (Lipinski definition) is 0. The first-order valence-corrected chi connectivity index (χ1v) is 8.59. The summed E-state index contributed by atoms with van der Waals surface area (Å²) < 4.78 is 5.41. The van der Waals surface area contributed by atoms with Crippen LogP contribution in [-0.4, -0.2) is 16.7 Å². The molecule has 1 unspecified atom stereocenters. The number of rotatable bonds is 2. The Balaban J connectivity index is 1.68. The lowest BCUT2D eigenvalue weighted by atomic mass is 9.53. The third kappa shape index (κ3) is 2.09. The van der Waals surface area contributed by atoms with Crippen molar-refractivity contribution in [2.75, 3.05) is 0 Å². The van der Waals surface area contributed by atoms with E-state index in [4.69, 9.17) is 4.52 Å². The maximum absolute atomic E-state index is 13.3. The molecule has 24 heavy (non-hydrogen) atoms. The molecule has 4 atom stereocenters. The second-order valence-electron chi connectivity index (χ2n) is 7.43. The maximum atomic E-state index is 13.3. The molecule has 0 bridgehead atoms. The Bertz CT molecular complexity index is 794. The predicted octanol–water partition coefficient (Wildman–Crippen LogP) is 3.82. The van der Waals surface area contributed by atoms with Crippen molar-refractivity contribution in [3.8, 4) is 0 Å². The van der Waals surface area contributed by atoms with Gasteiger partial charge in [0.05, 0.1) is 12.1 Å². The summed E-state index contributed by atoms with van der Waals surface area (Å²) in [7, 11) is 0. The van der Waals surface area contributed by atoms with E-state index < -0.39 is 11.3 Å². The minimum Gasteiger partial charge on any atom is -0.361 e. The zero-order valence-electron chi connectivity index (χ0n) is 14.0. The van der Waals surface area contributed by atoms with Gasteiger partial charge in [-0.2, -0.15) is 0 Å². The number of benzene rings is 1. The Morgan fingerprint density at radius 1 is 1.25 bits per heavy atom. The third-order valence-electron chi connectivity index (χ3n) is 6.09. The van der Waals surface area contributed by atoms with Crippen LogP contribution in [0.1, 0.15) is 54.3 Å². The van der Waals surface area contributed by atoms with Crippen LogP contribution >= 0.6 is 0 Å². The van der Waals surface area contributed by atoms with Crippen LogP contribution in [0, 0.1) is 17.3 Å². The topological polar surface area (TPSA) is 60.2 Å². The fourth-order valence-electron chi connectivity index (χ4n) is 4.81. The van der Waals surface area contributed by atoms with Gasteiger partial charge in [-0.25, -0.2) is 0 Å². The minimum atomic E-state index is -0.526. The molecule has 2 aromatic rings. The van der Waals surface area contributed by atoms with Gasteiger partial charge in [0, 0.05) is 22.5 Å². The average Bonchev–Trinajstić information content (AvgIpc) is 3.05. The molecule has 0 N–H and O–H groups in total. The van der Waals surface area contributed by atoms with Gasteiger partial charge in [0.1, 0.15) is 11.5 Å². The number of Topliss-reactive ketones (excluding diaryl/α,β-unsaturated/α-hetero) is 2. The lowest BCUT2D eigenvalue weighted by Gasteiger charge is -2.47. The Morgan fingerprint density at radius 3 is 2.75 bits per heavy atom. The molecule has 0 saturated heterocycles. The van der Waals surface area contributed by atoms with Crippen molar-refractivity contribution in [2.24, 2.45) is 17.3 Å². The number of hydrogen-bond acceptors (Lipinski definition) is 4. The largest absolute Gasteiger partial charge is 0.361 e. The molecule has 2 aliphatic rings. The summed E-state index contributed by atoms with van der Waals surface area (Å²) in [5, 5.41) is 3.92. The number of carbonyl (C=O) groups excluding carboxylic acids is 2. The fraction of sp³-hybridized carbons (Fsp3) is 0.450. The summed E-state index contributed by atoms with van der Waals surface area (Å²) >= 11 is 0. The first-order chi connectivity index (χ1) is 11.5. The fourth-order valence-corrected chi connectivity index (χ4v) is 4.81. The normalized spacial score (nSPS) is 32.1. The second-order valence-corrected chi connectivity index (χ2v) is 7.43. The van der Waals surface area contributed by atoms with Crippen LogP contribution in [0.15, 0.2) is 41.1 Å². The summed E-state index contributed by atoms with van der Waals surface area (Å²) in [5.41, 5.74) is 1.14. The second kappa shape index (κ2) is 5.40. The van der Waals surface area contributed by atoms with Gasteiger partial charge < -0.3 is 4.52 Å². The standard InChI is InChI=1S/C20H21NO3/c1-12-16-9-8-15(17(22)13-6-4-3-5-7-13)19(23)20(16,2)10-14-11-21-24-18(12)14/h3-7,11-12,15-16H,8-10H2,1-2H3/t12-,15?,16-,20-/m1/s1. The molecule has 0 radical (unpaired) electrons. The maximum Gasteiger partial charge on any atom is 0.173 e. The Kier molecular flexibility index (Phi) is 3.44. The summed E-state index contributed by atoms with van der Waals surface area (Å²) in [5.74, 6) is 0.818. The number of carbonyl (C=O) groups is 2. The number of nitrogens with zero attached hydrogens (tertiary/aromatic N) is 1. The van der Waals surface area contributed by atoms with Gasteiger partial charge in [-0.1, -0.05) is 49.3 Å². The van der Waals surface area contributed by atoms with Crippen LogP contribution in [0.5, 0.6) is 0 Å². The molecule has 1 saturated carbocycles. The smallest absolute Gasteiger partial charge is 0.173 e. The first kappa shape index (κ1) is 15.3. The molecular formula is C20H21NO3. The van der Waals surface area contributed by atoms with Crippen LogP contribution in [0.4, 0.5) is 0 Å². The van der Waals surface area contributed by atoms with Crippen molar-refractivity contribution in [1.29, 1.82) is 0 Å². The number of fused-ring (bicyclic) bond motifs is 2. The van der Waals surface area contributed by atoms with E-state index in [2.05, 4.69) is 12.1 Å². The highest BCUT2D eigenvalue weighted by Gasteiger charge is 2.55. The van der Waals surface area contributed by atoms with Gasteiger partial charge in [0.2, 0.25) is 0 Å². The van der Waals surface area contributed by atoms with E-state index in [1.54, 1.807) is 18.3 Å². The molecule has 124 valence electrons. The Hall–Kier alpha value is -2.23. The number of aromatic nitrogens is 1. The molecule has 0 amide bonds. The average molecular weight is 323 g/mol. The van der Waals surface area contributed by atoms with Crippen molar-refractivity contribution in [2.45, 2.75) is 39.0 Å². The van der Waals surface area contributed by atoms with Crippen molar-refractivity contribution in [3.63, 3.8) is 0 Å². The van der Waals surface area contributed by atoms with Gasteiger partial charge in [-0.3, -0.25) is 9.59 Å². The van der Waals surface area contributed by atoms with Crippen LogP contribution < -0.4 is 0 Å². The van der Waals surface area contributed by atoms with E-state index in [1.807, 2.05) is 25.1 Å². The zero-order valence-corrected chi connectivity index (χ0v) is 14.0. The molecule has 0 aliphatic heterocycles. The van der Waals surface area contributed by atoms with Crippen molar-refractivity contribution >= 4 is 11.6 Å². The van der Waals surface area contributed by atoms with Gasteiger partial charge in [0.15, 0.2) is 5.78 Å². The molecule has 4 heteroatoms. The van der Waals surface area contributed by atoms with E-state index >= 15 is 0 Å². The van der Waals surface area contributed by atoms with Crippen molar-refractivity contribution < 1.29 is 14.1 Å². The molecular weight excluding hydrogens is 302 g/mol. The molecule has 4 nitrogen and oxygen atoms in total. The summed E-state index contributed by atoms with van der Waals surface area (Å²) in [6.07, 6.45) is 3.84. The van der Waals surface area contributed by atoms with Crippen LogP contribution in [0.2, 0.25) is 0 Å². The SMILES string of the molecule is C[C@H]1c2oncc2C[C@@]2(C)C(=O)C(C(=O)c3ccccc3)CC[C@H]12. The molecule has 1 fully saturated rings. The molecule has 1 aromatic heterocycles. The molecule has 0 spiro atoms. The van der Waals surface area contributed by atoms with Gasteiger partial charge in [0.25, 0.3) is 0 Å². The summed E-state index contributed by atoms with van der Waals surface area (Å²) in [4.78, 5) is 26.2. The third-order valence-corrected chi connectivity index (χ3v) is 6.09. The van der Waals surface area contributed by atoms with E-state index in [-0.39, 0.29) is 23.4 Å². The summed E-state index contributed by atoms with van der Waals surface area (Å²) in [6.45, 7) is 4.13. The van der Waals surface area contributed by atoms with E-state index in [0.717, 1.165) is 17.7 Å². The van der Waals surface area contributed by atoms with E-state index in [0.29, 0.717) is 18.4 Å². The van der Waals surface area contributed by atoms with E-state index in [9.17, 15) is 9.59 Å². The lowest BCUT2D eigenvalue weighted by Crippen LogP contribution is -2.51. The van der Waals surface area contributed by atoms with E-state index in [1.165, 1.54) is 0 Å². The molecule has 1 aromatic carbocycles. The van der Waals surface area contributed by atoms with Crippen molar-refractivity contribution in [1.82, 2.24) is 5.16 Å². The van der Waals surface area contributed by atoms with Gasteiger partial charge >= 0.3 is 0 Å². The van der Waals surface area contributed by atoms with Crippen molar-refractivity contribution in [3.05, 3.63) is 53.4 Å². The highest BCUT2D eigenvalue weighted by molar-refractivity contribution is 6.12. The van der Waals surface area contributed by atoms with Crippen LogP contribution in [-0.2, 0) is 11.2 Å². The molecule has 2 aliphatic carbocycles. The zero-order chi connectivity index (χ0) is 16.9. The number of ketones is 2.